The number of hydrogen-bond donors (Lipinski definition) is 2. The zero-order valence-electron chi connectivity index (χ0n) is 13.5. The van der Waals surface area contributed by atoms with Gasteiger partial charge in [-0.15, -0.1) is 0 Å². The average Bonchev–Trinajstić information content (AvgIpc) is 3.41. The molecular formula is C20H25N3. The predicted octanol–water partition coefficient (Wildman–Crippen LogP) is 3.19. The molecule has 3 heteroatoms. The topological polar surface area (TPSA) is 37.0 Å². The summed E-state index contributed by atoms with van der Waals surface area (Å²) in [5.74, 6) is 1.57. The molecule has 0 spiro atoms. The Bertz CT molecular complexity index is 617. The van der Waals surface area contributed by atoms with E-state index in [4.69, 9.17) is 0 Å². The molecule has 0 radical (unpaired) electrons. The molecule has 2 atom stereocenters. The van der Waals surface area contributed by atoms with E-state index in [1.807, 2.05) is 18.5 Å². The van der Waals surface area contributed by atoms with Gasteiger partial charge in [0.15, 0.2) is 0 Å². The van der Waals surface area contributed by atoms with Crippen LogP contribution < -0.4 is 10.6 Å². The van der Waals surface area contributed by atoms with Crippen molar-refractivity contribution in [1.29, 1.82) is 0 Å². The molecule has 2 aliphatic rings. The zero-order chi connectivity index (χ0) is 15.5. The highest BCUT2D eigenvalue weighted by Crippen LogP contribution is 2.41. The third-order valence-corrected chi connectivity index (χ3v) is 5.25. The molecule has 0 amide bonds. The van der Waals surface area contributed by atoms with Crippen LogP contribution in [-0.4, -0.2) is 30.7 Å². The summed E-state index contributed by atoms with van der Waals surface area (Å²) in [6, 6.07) is 13.8. The minimum absolute atomic E-state index is 0.689. The van der Waals surface area contributed by atoms with Gasteiger partial charge in [0.1, 0.15) is 0 Å². The molecule has 2 aromatic rings. The molecule has 120 valence electrons. The van der Waals surface area contributed by atoms with Crippen molar-refractivity contribution >= 4 is 0 Å². The third kappa shape index (κ3) is 3.62. The van der Waals surface area contributed by atoms with Gasteiger partial charge >= 0.3 is 0 Å². The maximum absolute atomic E-state index is 4.20. The van der Waals surface area contributed by atoms with Crippen molar-refractivity contribution in [3.8, 4) is 11.1 Å². The number of nitrogens with one attached hydrogen (secondary N) is 2. The van der Waals surface area contributed by atoms with E-state index in [9.17, 15) is 0 Å². The molecule has 0 bridgehead atoms. The van der Waals surface area contributed by atoms with Gasteiger partial charge in [-0.05, 0) is 67.6 Å². The molecule has 0 unspecified atom stereocenters. The van der Waals surface area contributed by atoms with Crippen LogP contribution in [0.5, 0.6) is 0 Å². The maximum Gasteiger partial charge on any atom is 0.0346 e. The Morgan fingerprint density at radius 1 is 1.04 bits per heavy atom. The van der Waals surface area contributed by atoms with Crippen LogP contribution in [0.3, 0.4) is 0 Å². The van der Waals surface area contributed by atoms with E-state index >= 15 is 0 Å². The highest BCUT2D eigenvalue weighted by molar-refractivity contribution is 5.62. The van der Waals surface area contributed by atoms with Gasteiger partial charge in [-0.3, -0.25) is 4.98 Å². The number of nitrogens with zero attached hydrogens (tertiary/aromatic N) is 1. The first-order valence-corrected chi connectivity index (χ1v) is 8.84. The molecule has 3 nitrogen and oxygen atoms in total. The van der Waals surface area contributed by atoms with E-state index in [2.05, 4.69) is 45.9 Å². The van der Waals surface area contributed by atoms with Crippen molar-refractivity contribution in [3.63, 3.8) is 0 Å². The smallest absolute Gasteiger partial charge is 0.0346 e. The number of piperidine rings is 1. The molecule has 4 rings (SSSR count). The van der Waals surface area contributed by atoms with Crippen LogP contribution in [0.4, 0.5) is 0 Å². The van der Waals surface area contributed by atoms with Gasteiger partial charge in [0.05, 0.1) is 0 Å². The summed E-state index contributed by atoms with van der Waals surface area (Å²) < 4.78 is 0. The SMILES string of the molecule is c1cncc(-c2ccc([C@@H]3C[C@H]3NCC3CCNCC3)cc2)c1. The molecule has 2 N–H and O–H groups in total. The summed E-state index contributed by atoms with van der Waals surface area (Å²) in [5, 5.41) is 7.22. The van der Waals surface area contributed by atoms with E-state index in [0.717, 1.165) is 5.92 Å². The number of pyridine rings is 1. The van der Waals surface area contributed by atoms with Gasteiger partial charge in [-0.1, -0.05) is 30.3 Å². The van der Waals surface area contributed by atoms with E-state index in [1.165, 1.54) is 55.6 Å². The Morgan fingerprint density at radius 3 is 2.61 bits per heavy atom. The van der Waals surface area contributed by atoms with Gasteiger partial charge in [0.25, 0.3) is 0 Å². The number of rotatable bonds is 5. The maximum atomic E-state index is 4.20. The molecule has 1 aromatic heterocycles. The fourth-order valence-corrected chi connectivity index (χ4v) is 3.65. The Labute approximate surface area is 138 Å². The number of aromatic nitrogens is 1. The van der Waals surface area contributed by atoms with Crippen LogP contribution in [-0.2, 0) is 0 Å². The molecule has 2 fully saturated rings. The molecule has 1 aromatic carbocycles. The average molecular weight is 307 g/mol. The van der Waals surface area contributed by atoms with Crippen LogP contribution in [0.15, 0.2) is 48.8 Å². The van der Waals surface area contributed by atoms with E-state index in [-0.39, 0.29) is 0 Å². The van der Waals surface area contributed by atoms with E-state index in [1.54, 1.807) is 0 Å². The Morgan fingerprint density at radius 2 is 1.87 bits per heavy atom. The van der Waals surface area contributed by atoms with Crippen LogP contribution in [0.25, 0.3) is 11.1 Å². The van der Waals surface area contributed by atoms with Crippen LogP contribution in [0.1, 0.15) is 30.7 Å². The lowest BCUT2D eigenvalue weighted by Gasteiger charge is -2.22. The minimum Gasteiger partial charge on any atom is -0.317 e. The predicted molar refractivity (Wildman–Crippen MR) is 94.4 cm³/mol. The lowest BCUT2D eigenvalue weighted by molar-refractivity contribution is 0.355. The molecule has 1 saturated carbocycles. The standard InChI is InChI=1S/C20H25N3/c1-2-18(14-22-9-1)16-3-5-17(6-4-16)19-12-20(19)23-13-15-7-10-21-11-8-15/h1-6,9,14-15,19-21,23H,7-8,10-13H2/t19-,20+/m0/s1. The summed E-state index contributed by atoms with van der Waals surface area (Å²) in [6.07, 6.45) is 7.68. The van der Waals surface area contributed by atoms with Gasteiger partial charge in [0.2, 0.25) is 0 Å². The summed E-state index contributed by atoms with van der Waals surface area (Å²) >= 11 is 0. The van der Waals surface area contributed by atoms with Crippen LogP contribution in [0, 0.1) is 5.92 Å². The second-order valence-electron chi connectivity index (χ2n) is 6.91. The van der Waals surface area contributed by atoms with E-state index in [0.29, 0.717) is 12.0 Å². The third-order valence-electron chi connectivity index (χ3n) is 5.25. The molecule has 1 aliphatic heterocycles. The fourth-order valence-electron chi connectivity index (χ4n) is 3.65. The van der Waals surface area contributed by atoms with Gasteiger partial charge in [0, 0.05) is 24.4 Å². The lowest BCUT2D eigenvalue weighted by Crippen LogP contribution is -2.34. The number of hydrogen-bond acceptors (Lipinski definition) is 3. The Balaban J connectivity index is 1.31. The molecule has 1 aliphatic carbocycles. The zero-order valence-corrected chi connectivity index (χ0v) is 13.5. The van der Waals surface area contributed by atoms with Crippen molar-refractivity contribution in [2.24, 2.45) is 5.92 Å². The van der Waals surface area contributed by atoms with Gasteiger partial charge in [-0.2, -0.15) is 0 Å². The summed E-state index contributed by atoms with van der Waals surface area (Å²) in [4.78, 5) is 4.20. The Kier molecular flexibility index (Phi) is 4.40. The van der Waals surface area contributed by atoms with Gasteiger partial charge in [-0.25, -0.2) is 0 Å². The lowest BCUT2D eigenvalue weighted by atomic mass is 9.98. The molecule has 2 heterocycles. The van der Waals surface area contributed by atoms with Crippen molar-refractivity contribution in [2.45, 2.75) is 31.2 Å². The molecule has 1 saturated heterocycles. The summed E-state index contributed by atoms with van der Waals surface area (Å²) in [7, 11) is 0. The van der Waals surface area contributed by atoms with Crippen molar-refractivity contribution < 1.29 is 0 Å². The largest absolute Gasteiger partial charge is 0.317 e. The molecular weight excluding hydrogens is 282 g/mol. The first-order valence-electron chi connectivity index (χ1n) is 8.84. The second kappa shape index (κ2) is 6.81. The van der Waals surface area contributed by atoms with Crippen molar-refractivity contribution in [3.05, 3.63) is 54.4 Å². The monoisotopic (exact) mass is 307 g/mol. The summed E-state index contributed by atoms with van der Waals surface area (Å²) in [6.45, 7) is 3.57. The fraction of sp³-hybridized carbons (Fsp3) is 0.450. The first-order chi connectivity index (χ1) is 11.4. The second-order valence-corrected chi connectivity index (χ2v) is 6.91. The van der Waals surface area contributed by atoms with E-state index < -0.39 is 0 Å². The quantitative estimate of drug-likeness (QED) is 0.891. The van der Waals surface area contributed by atoms with Crippen molar-refractivity contribution in [2.75, 3.05) is 19.6 Å². The molecule has 23 heavy (non-hydrogen) atoms. The normalized spacial score (nSPS) is 24.5. The Hall–Kier alpha value is -1.71. The highest BCUT2D eigenvalue weighted by Gasteiger charge is 2.38. The first kappa shape index (κ1) is 14.9. The minimum atomic E-state index is 0.689. The van der Waals surface area contributed by atoms with Crippen LogP contribution in [0.2, 0.25) is 0 Å². The van der Waals surface area contributed by atoms with Crippen LogP contribution >= 0.6 is 0 Å². The highest BCUT2D eigenvalue weighted by atomic mass is 15.0. The number of benzene rings is 1. The van der Waals surface area contributed by atoms with Gasteiger partial charge < -0.3 is 10.6 Å². The summed E-state index contributed by atoms with van der Waals surface area (Å²) in [5.41, 5.74) is 3.91. The van der Waals surface area contributed by atoms with Crippen molar-refractivity contribution in [1.82, 2.24) is 15.6 Å².